The van der Waals surface area contributed by atoms with Gasteiger partial charge in [-0.3, -0.25) is 0 Å². The van der Waals surface area contributed by atoms with Crippen LogP contribution in [0.25, 0.3) is 0 Å². The second kappa shape index (κ2) is 10.5. The molecule has 1 aliphatic rings. The summed E-state index contributed by atoms with van der Waals surface area (Å²) in [6, 6.07) is 6.61. The molecule has 162 valence electrons. The van der Waals surface area contributed by atoms with Gasteiger partial charge in [-0.15, -0.1) is 11.8 Å². The summed E-state index contributed by atoms with van der Waals surface area (Å²) >= 11 is 1.27. The zero-order valence-corrected chi connectivity index (χ0v) is 18.3. The molecule has 0 amide bonds. The Morgan fingerprint density at radius 2 is 1.37 bits per heavy atom. The van der Waals surface area contributed by atoms with E-state index in [0.29, 0.717) is 46.6 Å². The molecule has 0 saturated heterocycles. The Bertz CT molecular complexity index is 907. The fourth-order valence-corrected chi connectivity index (χ4v) is 4.78. The average molecular weight is 437 g/mol. The molecule has 2 unspecified atom stereocenters. The molecule has 0 aromatic heterocycles. The molecule has 30 heavy (non-hydrogen) atoms. The molecule has 5 heteroatoms. The molecule has 2 aromatic carbocycles. The van der Waals surface area contributed by atoms with E-state index in [-0.39, 0.29) is 11.8 Å². The largest absolute Gasteiger partial charge is 0.203 e. The van der Waals surface area contributed by atoms with Crippen LogP contribution in [0.3, 0.4) is 0 Å². The van der Waals surface area contributed by atoms with Gasteiger partial charge in [-0.1, -0.05) is 57.0 Å². The highest BCUT2D eigenvalue weighted by Gasteiger charge is 2.26. The third-order valence-electron chi connectivity index (χ3n) is 5.78. The summed E-state index contributed by atoms with van der Waals surface area (Å²) in [5.74, 6) is -3.01. The highest BCUT2D eigenvalue weighted by atomic mass is 32.2. The van der Waals surface area contributed by atoms with Crippen molar-refractivity contribution in [3.63, 3.8) is 0 Å². The van der Waals surface area contributed by atoms with Gasteiger partial charge >= 0.3 is 0 Å². The Morgan fingerprint density at radius 1 is 0.767 bits per heavy atom. The van der Waals surface area contributed by atoms with Gasteiger partial charge in [-0.05, 0) is 54.2 Å². The molecule has 0 N–H and O–H groups in total. The van der Waals surface area contributed by atoms with Crippen LogP contribution in [0, 0.1) is 23.3 Å². The van der Waals surface area contributed by atoms with Gasteiger partial charge in [0.1, 0.15) is 0 Å². The van der Waals surface area contributed by atoms with Crippen LogP contribution in [0.5, 0.6) is 0 Å². The Morgan fingerprint density at radius 3 is 1.93 bits per heavy atom. The molecule has 0 saturated carbocycles. The molecule has 0 bridgehead atoms. The van der Waals surface area contributed by atoms with Crippen LogP contribution in [-0.2, 0) is 6.42 Å². The number of benzene rings is 2. The van der Waals surface area contributed by atoms with E-state index in [9.17, 15) is 17.6 Å². The van der Waals surface area contributed by atoms with E-state index < -0.39 is 23.3 Å². The summed E-state index contributed by atoms with van der Waals surface area (Å²) in [5, 5.41) is 0. The van der Waals surface area contributed by atoms with Gasteiger partial charge < -0.3 is 0 Å². The Hall–Kier alpha value is -1.75. The van der Waals surface area contributed by atoms with Gasteiger partial charge in [0.2, 0.25) is 0 Å². The van der Waals surface area contributed by atoms with E-state index in [0.717, 1.165) is 19.3 Å². The molecule has 3 rings (SSSR count). The summed E-state index contributed by atoms with van der Waals surface area (Å²) in [5.41, 5.74) is 1.08. The lowest BCUT2D eigenvalue weighted by Crippen LogP contribution is -2.11. The number of halogens is 4. The van der Waals surface area contributed by atoms with E-state index >= 15 is 0 Å². The first-order chi connectivity index (χ1) is 14.5. The van der Waals surface area contributed by atoms with Crippen molar-refractivity contribution in [3.05, 3.63) is 76.4 Å². The lowest BCUT2D eigenvalue weighted by molar-refractivity contribution is 0.463. The fourth-order valence-electron chi connectivity index (χ4n) is 4.09. The molecule has 0 spiro atoms. The van der Waals surface area contributed by atoms with Crippen molar-refractivity contribution < 1.29 is 17.6 Å². The third-order valence-corrected chi connectivity index (χ3v) is 6.70. The summed E-state index contributed by atoms with van der Waals surface area (Å²) in [7, 11) is 0. The Labute approximate surface area is 180 Å². The topological polar surface area (TPSA) is 0 Å². The Balaban J connectivity index is 1.76. The second-order valence-electron chi connectivity index (χ2n) is 7.79. The van der Waals surface area contributed by atoms with Gasteiger partial charge in [0.05, 0.1) is 0 Å². The summed E-state index contributed by atoms with van der Waals surface area (Å²) in [4.78, 5) is 0.313. The minimum absolute atomic E-state index is 0.261. The molecule has 2 atom stereocenters. The van der Waals surface area contributed by atoms with Crippen LogP contribution >= 0.6 is 11.8 Å². The number of thioether (sulfide) groups is 1. The first-order valence-corrected chi connectivity index (χ1v) is 11.7. The maximum absolute atomic E-state index is 14.7. The van der Waals surface area contributed by atoms with Crippen molar-refractivity contribution in [2.45, 2.75) is 69.1 Å². The van der Waals surface area contributed by atoms with Gasteiger partial charge in [-0.25, -0.2) is 17.6 Å². The quantitative estimate of drug-likeness (QED) is 0.174. The van der Waals surface area contributed by atoms with Crippen LogP contribution < -0.4 is 0 Å². The minimum Gasteiger partial charge on any atom is -0.203 e. The summed E-state index contributed by atoms with van der Waals surface area (Å²) in [6.07, 6.45) is 8.10. The summed E-state index contributed by atoms with van der Waals surface area (Å²) in [6.45, 7) is 3.96. The van der Waals surface area contributed by atoms with E-state index in [1.54, 1.807) is 36.4 Å². The highest BCUT2D eigenvalue weighted by molar-refractivity contribution is 7.99. The monoisotopic (exact) mass is 436 g/mol. The number of hydrogen-bond acceptors (Lipinski definition) is 1. The first-order valence-electron chi connectivity index (χ1n) is 10.7. The molecule has 0 aliphatic heterocycles. The van der Waals surface area contributed by atoms with Crippen LogP contribution in [0.4, 0.5) is 17.6 Å². The van der Waals surface area contributed by atoms with Crippen molar-refractivity contribution in [1.29, 1.82) is 0 Å². The molecule has 1 aliphatic carbocycles. The molecular formula is C25H28F4S. The highest BCUT2D eigenvalue weighted by Crippen LogP contribution is 2.39. The van der Waals surface area contributed by atoms with Crippen LogP contribution in [-0.4, -0.2) is 5.75 Å². The summed E-state index contributed by atoms with van der Waals surface area (Å²) < 4.78 is 58.0. The van der Waals surface area contributed by atoms with Crippen LogP contribution in [0.15, 0.2) is 41.3 Å². The zero-order chi connectivity index (χ0) is 21.7. The molecule has 0 radical (unpaired) electrons. The van der Waals surface area contributed by atoms with Gasteiger partial charge in [-0.2, -0.15) is 0 Å². The van der Waals surface area contributed by atoms with Crippen LogP contribution in [0.1, 0.15) is 74.5 Å². The van der Waals surface area contributed by atoms with E-state index in [4.69, 9.17) is 0 Å². The van der Waals surface area contributed by atoms with Crippen molar-refractivity contribution in [3.8, 4) is 0 Å². The number of hydrogen-bond donors (Lipinski definition) is 0. The minimum atomic E-state index is -0.810. The predicted molar refractivity (Wildman–Crippen MR) is 116 cm³/mol. The van der Waals surface area contributed by atoms with Gasteiger partial charge in [0.25, 0.3) is 0 Å². The molecule has 0 nitrogen and oxygen atoms in total. The lowest BCUT2D eigenvalue weighted by Gasteiger charge is -2.25. The van der Waals surface area contributed by atoms with Gasteiger partial charge in [0, 0.05) is 16.7 Å². The number of allylic oxidation sites excluding steroid dienone is 2. The van der Waals surface area contributed by atoms with E-state index in [1.165, 1.54) is 11.8 Å². The molecule has 0 fully saturated rings. The number of unbranched alkanes of at least 4 members (excludes halogenated alkanes) is 2. The van der Waals surface area contributed by atoms with E-state index in [1.807, 2.05) is 6.92 Å². The maximum atomic E-state index is 14.7. The smallest absolute Gasteiger partial charge is 0.172 e. The van der Waals surface area contributed by atoms with Gasteiger partial charge in [0.15, 0.2) is 23.3 Å². The van der Waals surface area contributed by atoms with Crippen LogP contribution in [0.2, 0.25) is 0 Å². The SMILES string of the molecule is CCCCCc1ccc(C2C=CC(c3ccc(SCC)c(F)c3F)CC2)c(F)c1F. The predicted octanol–water partition coefficient (Wildman–Crippen LogP) is 8.31. The Kier molecular flexibility index (Phi) is 8.04. The van der Waals surface area contributed by atoms with Crippen molar-refractivity contribution in [1.82, 2.24) is 0 Å². The second-order valence-corrected chi connectivity index (χ2v) is 9.09. The normalized spacial score (nSPS) is 18.7. The van der Waals surface area contributed by atoms with Crippen molar-refractivity contribution in [2.24, 2.45) is 0 Å². The fraction of sp³-hybridized carbons (Fsp3) is 0.440. The molecular weight excluding hydrogens is 408 g/mol. The third kappa shape index (κ3) is 4.93. The first kappa shape index (κ1) is 22.9. The lowest BCUT2D eigenvalue weighted by atomic mass is 9.81. The number of aryl methyl sites for hydroxylation is 1. The zero-order valence-electron chi connectivity index (χ0n) is 17.5. The van der Waals surface area contributed by atoms with E-state index in [2.05, 4.69) is 6.92 Å². The van der Waals surface area contributed by atoms with Crippen molar-refractivity contribution in [2.75, 3.05) is 5.75 Å². The maximum Gasteiger partial charge on any atom is 0.172 e. The van der Waals surface area contributed by atoms with Crippen molar-refractivity contribution >= 4 is 11.8 Å². The average Bonchev–Trinajstić information content (AvgIpc) is 2.75. The standard InChI is InChI=1S/C25H28F4S/c1-3-5-6-7-18-12-13-19(23(27)22(18)26)16-8-10-17(11-9-16)20-14-15-21(30-4-2)25(29)24(20)28/h8,10,12-17H,3-7,9,11H2,1-2H3. The molecule has 0 heterocycles. The molecule has 2 aromatic rings. The number of rotatable bonds is 8.